The zero-order chi connectivity index (χ0) is 10.6. The molecule has 2 aliphatic heterocycles. The SMILES string of the molecule is CN1c2ccc(O)cc2[C@]2(F)CCO[C@H]12. The van der Waals surface area contributed by atoms with Gasteiger partial charge in [-0.05, 0) is 18.2 Å². The van der Waals surface area contributed by atoms with Crippen molar-refractivity contribution in [1.29, 1.82) is 0 Å². The molecule has 1 N–H and O–H groups in total. The number of aromatic hydroxyl groups is 1. The average Bonchev–Trinajstić information content (AvgIpc) is 2.67. The number of nitrogens with zero attached hydrogens (tertiary/aromatic N) is 1. The topological polar surface area (TPSA) is 32.7 Å². The van der Waals surface area contributed by atoms with Gasteiger partial charge in [-0.3, -0.25) is 0 Å². The first-order valence-corrected chi connectivity index (χ1v) is 5.00. The molecule has 1 aromatic carbocycles. The Morgan fingerprint density at radius 3 is 3.20 bits per heavy atom. The van der Waals surface area contributed by atoms with E-state index < -0.39 is 11.9 Å². The van der Waals surface area contributed by atoms with Crippen LogP contribution in [0.4, 0.5) is 10.1 Å². The van der Waals surface area contributed by atoms with Crippen molar-refractivity contribution in [3.8, 4) is 5.75 Å². The van der Waals surface area contributed by atoms with E-state index in [2.05, 4.69) is 0 Å². The predicted molar refractivity (Wildman–Crippen MR) is 53.7 cm³/mol. The number of phenols is 1. The Kier molecular flexibility index (Phi) is 1.58. The summed E-state index contributed by atoms with van der Waals surface area (Å²) in [6.07, 6.45) is -0.173. The van der Waals surface area contributed by atoms with E-state index in [0.717, 1.165) is 5.69 Å². The van der Waals surface area contributed by atoms with Crippen LogP contribution in [0.1, 0.15) is 12.0 Å². The number of alkyl halides is 1. The van der Waals surface area contributed by atoms with Gasteiger partial charge in [0, 0.05) is 24.7 Å². The van der Waals surface area contributed by atoms with E-state index in [4.69, 9.17) is 4.74 Å². The number of anilines is 1. The highest BCUT2D eigenvalue weighted by molar-refractivity contribution is 5.64. The highest BCUT2D eigenvalue weighted by atomic mass is 19.1. The summed E-state index contributed by atoms with van der Waals surface area (Å²) in [4.78, 5) is 1.79. The van der Waals surface area contributed by atoms with Crippen molar-refractivity contribution < 1.29 is 14.2 Å². The fraction of sp³-hybridized carbons (Fsp3) is 0.455. The van der Waals surface area contributed by atoms with Crippen LogP contribution in [-0.2, 0) is 10.4 Å². The Hall–Kier alpha value is -1.29. The number of rotatable bonds is 0. The molecule has 2 aliphatic rings. The molecule has 0 bridgehead atoms. The van der Waals surface area contributed by atoms with Crippen molar-refractivity contribution in [2.45, 2.75) is 18.3 Å². The van der Waals surface area contributed by atoms with Crippen molar-refractivity contribution in [1.82, 2.24) is 0 Å². The van der Waals surface area contributed by atoms with Gasteiger partial charge in [0.05, 0.1) is 6.61 Å². The molecule has 0 unspecified atom stereocenters. The normalized spacial score (nSPS) is 32.9. The molecular formula is C11H12FNO2. The third-order valence-electron chi connectivity index (χ3n) is 3.29. The van der Waals surface area contributed by atoms with Crippen LogP contribution in [0.5, 0.6) is 5.75 Å². The molecule has 0 spiro atoms. The average molecular weight is 209 g/mol. The minimum Gasteiger partial charge on any atom is -0.508 e. The number of likely N-dealkylation sites (N-methyl/N-ethyl adjacent to an activating group) is 1. The number of halogens is 1. The first-order valence-electron chi connectivity index (χ1n) is 5.00. The third-order valence-corrected chi connectivity index (χ3v) is 3.29. The molecular weight excluding hydrogens is 197 g/mol. The Bertz CT molecular complexity index is 423. The number of phenolic OH excluding ortho intramolecular Hbond substituents is 1. The summed E-state index contributed by atoms with van der Waals surface area (Å²) in [7, 11) is 1.81. The third kappa shape index (κ3) is 0.973. The monoisotopic (exact) mass is 209 g/mol. The van der Waals surface area contributed by atoms with Crippen molar-refractivity contribution in [2.24, 2.45) is 0 Å². The van der Waals surface area contributed by atoms with Crippen LogP contribution in [0.3, 0.4) is 0 Å². The first-order chi connectivity index (χ1) is 7.13. The summed E-state index contributed by atoms with van der Waals surface area (Å²) >= 11 is 0. The molecule has 15 heavy (non-hydrogen) atoms. The van der Waals surface area contributed by atoms with Gasteiger partial charge in [-0.15, -0.1) is 0 Å². The van der Waals surface area contributed by atoms with Crippen LogP contribution in [0.15, 0.2) is 18.2 Å². The molecule has 0 amide bonds. The van der Waals surface area contributed by atoms with Gasteiger partial charge >= 0.3 is 0 Å². The number of benzene rings is 1. The molecule has 1 fully saturated rings. The minimum absolute atomic E-state index is 0.103. The Morgan fingerprint density at radius 1 is 1.60 bits per heavy atom. The first kappa shape index (κ1) is 8.97. The van der Waals surface area contributed by atoms with Crippen molar-refractivity contribution in [3.63, 3.8) is 0 Å². The standard InChI is InChI=1S/C11H12FNO2/c1-13-9-3-2-7(14)6-8(9)11(12)4-5-15-10(11)13/h2-3,6,10,14H,4-5H2,1H3/t10-,11+/m0/s1. The van der Waals surface area contributed by atoms with Gasteiger partial charge in [0.25, 0.3) is 0 Å². The molecule has 80 valence electrons. The van der Waals surface area contributed by atoms with E-state index in [1.54, 1.807) is 17.0 Å². The van der Waals surface area contributed by atoms with Crippen LogP contribution in [0.2, 0.25) is 0 Å². The van der Waals surface area contributed by atoms with Crippen LogP contribution in [0.25, 0.3) is 0 Å². The lowest BCUT2D eigenvalue weighted by Crippen LogP contribution is -2.36. The Labute approximate surface area is 87.1 Å². The fourth-order valence-electron chi connectivity index (χ4n) is 2.55. The van der Waals surface area contributed by atoms with Crippen molar-refractivity contribution in [3.05, 3.63) is 23.8 Å². The number of hydrogen-bond acceptors (Lipinski definition) is 3. The van der Waals surface area contributed by atoms with Crippen LogP contribution < -0.4 is 4.90 Å². The Morgan fingerprint density at radius 2 is 2.40 bits per heavy atom. The molecule has 3 rings (SSSR count). The molecule has 0 radical (unpaired) electrons. The molecule has 2 heterocycles. The van der Waals surface area contributed by atoms with E-state index >= 15 is 0 Å². The van der Waals surface area contributed by atoms with Crippen LogP contribution in [0, 0.1) is 0 Å². The maximum absolute atomic E-state index is 14.6. The maximum atomic E-state index is 14.6. The number of ether oxygens (including phenoxy) is 1. The lowest BCUT2D eigenvalue weighted by molar-refractivity contribution is 0.0340. The number of hydrogen-bond donors (Lipinski definition) is 1. The van der Waals surface area contributed by atoms with E-state index in [0.29, 0.717) is 18.6 Å². The summed E-state index contributed by atoms with van der Waals surface area (Å²) in [5, 5.41) is 9.39. The van der Waals surface area contributed by atoms with Gasteiger partial charge < -0.3 is 14.7 Å². The lowest BCUT2D eigenvalue weighted by atomic mass is 9.95. The van der Waals surface area contributed by atoms with Crippen LogP contribution in [-0.4, -0.2) is 25.0 Å². The summed E-state index contributed by atoms with van der Waals surface area (Å²) < 4.78 is 20.0. The van der Waals surface area contributed by atoms with Gasteiger partial charge in [-0.2, -0.15) is 0 Å². The quantitative estimate of drug-likeness (QED) is 0.706. The van der Waals surface area contributed by atoms with Crippen LogP contribution >= 0.6 is 0 Å². The molecule has 0 saturated carbocycles. The zero-order valence-electron chi connectivity index (χ0n) is 8.40. The van der Waals surface area contributed by atoms with Gasteiger partial charge in [-0.25, -0.2) is 4.39 Å². The van der Waals surface area contributed by atoms with E-state index in [1.165, 1.54) is 6.07 Å². The van der Waals surface area contributed by atoms with E-state index in [9.17, 15) is 9.50 Å². The van der Waals surface area contributed by atoms with Gasteiger partial charge in [0.1, 0.15) is 5.75 Å². The minimum atomic E-state index is -1.46. The second-order valence-electron chi connectivity index (χ2n) is 4.15. The predicted octanol–water partition coefficient (Wildman–Crippen LogP) is 1.75. The molecule has 4 heteroatoms. The van der Waals surface area contributed by atoms with Gasteiger partial charge in [0.15, 0.2) is 11.9 Å². The smallest absolute Gasteiger partial charge is 0.184 e. The molecule has 0 aliphatic carbocycles. The highest BCUT2D eigenvalue weighted by Crippen LogP contribution is 2.52. The van der Waals surface area contributed by atoms with Gasteiger partial charge in [-0.1, -0.05) is 0 Å². The highest BCUT2D eigenvalue weighted by Gasteiger charge is 2.55. The second kappa shape index (κ2) is 2.64. The van der Waals surface area contributed by atoms with E-state index in [-0.39, 0.29) is 5.75 Å². The number of fused-ring (bicyclic) bond motifs is 3. The second-order valence-corrected chi connectivity index (χ2v) is 4.15. The lowest BCUT2D eigenvalue weighted by Gasteiger charge is -2.23. The Balaban J connectivity index is 2.21. The molecule has 1 saturated heterocycles. The molecule has 2 atom stereocenters. The van der Waals surface area contributed by atoms with Crippen molar-refractivity contribution >= 4 is 5.69 Å². The summed E-state index contributed by atoms with van der Waals surface area (Å²) in [5.41, 5.74) is -0.101. The molecule has 3 nitrogen and oxygen atoms in total. The molecule has 0 aromatic heterocycles. The van der Waals surface area contributed by atoms with Gasteiger partial charge in [0.2, 0.25) is 0 Å². The maximum Gasteiger partial charge on any atom is 0.184 e. The molecule has 1 aromatic rings. The largest absolute Gasteiger partial charge is 0.508 e. The van der Waals surface area contributed by atoms with Crippen molar-refractivity contribution in [2.75, 3.05) is 18.6 Å². The zero-order valence-corrected chi connectivity index (χ0v) is 8.40. The van der Waals surface area contributed by atoms with E-state index in [1.807, 2.05) is 7.05 Å². The summed E-state index contributed by atoms with van der Waals surface area (Å²) in [6, 6.07) is 4.80. The fourth-order valence-corrected chi connectivity index (χ4v) is 2.55. The summed E-state index contributed by atoms with van der Waals surface area (Å²) in [6.45, 7) is 0.431. The summed E-state index contributed by atoms with van der Waals surface area (Å²) in [5.74, 6) is 0.103.